The number of carbonyl (C=O) groups excluding carboxylic acids is 1. The molecule has 3 aromatic rings. The van der Waals surface area contributed by atoms with E-state index in [0.717, 1.165) is 25.1 Å². The first kappa shape index (κ1) is 18.2. The summed E-state index contributed by atoms with van der Waals surface area (Å²) in [6.45, 7) is 5.81. The zero-order chi connectivity index (χ0) is 19.7. The first-order valence-electron chi connectivity index (χ1n) is 9.57. The minimum Gasteiger partial charge on any atom is -0.353 e. The van der Waals surface area contributed by atoms with Crippen molar-refractivity contribution in [1.29, 1.82) is 0 Å². The number of amides is 1. The van der Waals surface area contributed by atoms with Gasteiger partial charge in [0.25, 0.3) is 0 Å². The maximum Gasteiger partial charge on any atom is 0.350 e. The highest BCUT2D eigenvalue weighted by atomic mass is 16.2. The first-order valence-corrected chi connectivity index (χ1v) is 9.57. The predicted molar refractivity (Wildman–Crippen MR) is 108 cm³/mol. The second-order valence-electron chi connectivity index (χ2n) is 7.50. The summed E-state index contributed by atoms with van der Waals surface area (Å²) in [6, 6.07) is 7.53. The zero-order valence-electron chi connectivity index (χ0n) is 16.1. The Hall–Kier alpha value is -3.16. The highest BCUT2D eigenvalue weighted by Crippen LogP contribution is 2.23. The maximum absolute atomic E-state index is 12.7. The van der Waals surface area contributed by atoms with Gasteiger partial charge in [-0.2, -0.15) is 0 Å². The molecule has 1 unspecified atom stereocenters. The smallest absolute Gasteiger partial charge is 0.350 e. The standard InChI is InChI=1S/C20H24N6O2/c1-14-5-3-7-16(11-14)22-17(27)13-26-20(28)25-10-8-21-18(19(25)23-26)24-9-4-6-15(2)12-24/h3,5,7-8,10-11,15H,4,6,9,12-13H2,1-2H3,(H,22,27). The lowest BCUT2D eigenvalue weighted by molar-refractivity contribution is -0.117. The lowest BCUT2D eigenvalue weighted by Gasteiger charge is -2.31. The normalized spacial score (nSPS) is 17.1. The molecule has 1 aliphatic heterocycles. The molecule has 1 fully saturated rings. The van der Waals surface area contributed by atoms with E-state index in [1.54, 1.807) is 12.4 Å². The number of nitrogens with one attached hydrogen (secondary N) is 1. The quantitative estimate of drug-likeness (QED) is 0.749. The van der Waals surface area contributed by atoms with E-state index in [4.69, 9.17) is 0 Å². The Bertz CT molecular complexity index is 1070. The Morgan fingerprint density at radius 2 is 2.21 bits per heavy atom. The largest absolute Gasteiger partial charge is 0.353 e. The summed E-state index contributed by atoms with van der Waals surface area (Å²) in [5.41, 5.74) is 1.90. The van der Waals surface area contributed by atoms with E-state index in [1.165, 1.54) is 15.5 Å². The minimum absolute atomic E-state index is 0.149. The van der Waals surface area contributed by atoms with Crippen molar-refractivity contribution in [2.75, 3.05) is 23.3 Å². The van der Waals surface area contributed by atoms with Crippen LogP contribution in [0.25, 0.3) is 5.65 Å². The maximum atomic E-state index is 12.7. The summed E-state index contributed by atoms with van der Waals surface area (Å²) in [5, 5.41) is 7.23. The Morgan fingerprint density at radius 3 is 3.00 bits per heavy atom. The van der Waals surface area contributed by atoms with Gasteiger partial charge in [-0.05, 0) is 43.4 Å². The molecule has 0 bridgehead atoms. The molecule has 0 aliphatic carbocycles. The fourth-order valence-corrected chi connectivity index (χ4v) is 3.70. The van der Waals surface area contributed by atoms with Crippen LogP contribution in [0.15, 0.2) is 41.5 Å². The third-order valence-corrected chi connectivity index (χ3v) is 5.03. The summed E-state index contributed by atoms with van der Waals surface area (Å²) in [5.74, 6) is 0.978. The van der Waals surface area contributed by atoms with Gasteiger partial charge in [-0.3, -0.25) is 4.79 Å². The topological polar surface area (TPSA) is 84.5 Å². The van der Waals surface area contributed by atoms with Crippen molar-refractivity contribution in [3.63, 3.8) is 0 Å². The Kier molecular flexibility index (Phi) is 4.85. The molecule has 1 atom stereocenters. The van der Waals surface area contributed by atoms with Crippen molar-refractivity contribution < 1.29 is 4.79 Å². The van der Waals surface area contributed by atoms with Crippen molar-refractivity contribution in [3.8, 4) is 0 Å². The molecule has 1 N–H and O–H groups in total. The van der Waals surface area contributed by atoms with E-state index < -0.39 is 0 Å². The molecule has 1 aliphatic rings. The molecule has 0 saturated carbocycles. The molecule has 3 heterocycles. The Morgan fingerprint density at radius 1 is 1.36 bits per heavy atom. The van der Waals surface area contributed by atoms with Gasteiger partial charge in [0.15, 0.2) is 5.82 Å². The van der Waals surface area contributed by atoms with Gasteiger partial charge in [0.05, 0.1) is 0 Å². The number of aromatic nitrogens is 4. The van der Waals surface area contributed by atoms with Crippen molar-refractivity contribution >= 4 is 23.1 Å². The number of carbonyl (C=O) groups is 1. The van der Waals surface area contributed by atoms with Crippen LogP contribution in [0.1, 0.15) is 25.3 Å². The molecule has 146 valence electrons. The van der Waals surface area contributed by atoms with Crippen molar-refractivity contribution in [2.24, 2.45) is 5.92 Å². The van der Waals surface area contributed by atoms with Gasteiger partial charge in [-0.15, -0.1) is 5.10 Å². The van der Waals surface area contributed by atoms with Gasteiger partial charge in [0, 0.05) is 31.2 Å². The fraction of sp³-hybridized carbons (Fsp3) is 0.400. The third kappa shape index (κ3) is 3.62. The number of nitrogens with zero attached hydrogens (tertiary/aromatic N) is 5. The summed E-state index contributed by atoms with van der Waals surface area (Å²) in [4.78, 5) is 31.8. The molecule has 0 spiro atoms. The van der Waals surface area contributed by atoms with Crippen LogP contribution in [0.5, 0.6) is 0 Å². The number of aryl methyl sites for hydroxylation is 1. The van der Waals surface area contributed by atoms with E-state index in [1.807, 2.05) is 31.2 Å². The molecule has 8 heteroatoms. The average Bonchev–Trinajstić information content (AvgIpc) is 2.97. The molecule has 0 radical (unpaired) electrons. The van der Waals surface area contributed by atoms with Gasteiger partial charge in [-0.25, -0.2) is 18.9 Å². The number of benzene rings is 1. The van der Waals surface area contributed by atoms with Gasteiger partial charge in [0.1, 0.15) is 6.54 Å². The first-order chi connectivity index (χ1) is 13.5. The fourth-order valence-electron chi connectivity index (χ4n) is 3.70. The number of anilines is 2. The highest BCUT2D eigenvalue weighted by Gasteiger charge is 2.22. The van der Waals surface area contributed by atoms with Crippen LogP contribution in [0.3, 0.4) is 0 Å². The molecule has 1 amide bonds. The van der Waals surface area contributed by atoms with Crippen LogP contribution in [0.2, 0.25) is 0 Å². The Labute approximate surface area is 162 Å². The number of rotatable bonds is 4. The monoisotopic (exact) mass is 380 g/mol. The molecular formula is C20H24N6O2. The van der Waals surface area contributed by atoms with E-state index in [-0.39, 0.29) is 18.1 Å². The van der Waals surface area contributed by atoms with E-state index in [2.05, 4.69) is 27.2 Å². The second kappa shape index (κ2) is 7.46. The molecule has 4 rings (SSSR count). The van der Waals surface area contributed by atoms with Crippen LogP contribution in [-0.2, 0) is 11.3 Å². The van der Waals surface area contributed by atoms with E-state index >= 15 is 0 Å². The summed E-state index contributed by atoms with van der Waals surface area (Å²) >= 11 is 0. The molecule has 8 nitrogen and oxygen atoms in total. The van der Waals surface area contributed by atoms with Crippen LogP contribution in [-0.4, -0.2) is 38.2 Å². The number of hydrogen-bond donors (Lipinski definition) is 1. The van der Waals surface area contributed by atoms with Gasteiger partial charge in [-0.1, -0.05) is 19.1 Å². The van der Waals surface area contributed by atoms with Crippen molar-refractivity contribution in [3.05, 3.63) is 52.7 Å². The minimum atomic E-state index is -0.344. The highest BCUT2D eigenvalue weighted by molar-refractivity contribution is 5.90. The van der Waals surface area contributed by atoms with Crippen molar-refractivity contribution in [1.82, 2.24) is 19.2 Å². The molecule has 2 aromatic heterocycles. The third-order valence-electron chi connectivity index (χ3n) is 5.03. The Balaban J connectivity index is 1.60. The molecule has 1 saturated heterocycles. The van der Waals surface area contributed by atoms with Gasteiger partial charge in [0.2, 0.25) is 11.6 Å². The van der Waals surface area contributed by atoms with Crippen LogP contribution >= 0.6 is 0 Å². The summed E-state index contributed by atoms with van der Waals surface area (Å²) in [7, 11) is 0. The second-order valence-corrected chi connectivity index (χ2v) is 7.50. The molecular weight excluding hydrogens is 356 g/mol. The zero-order valence-corrected chi connectivity index (χ0v) is 16.1. The van der Waals surface area contributed by atoms with Crippen LogP contribution in [0, 0.1) is 12.8 Å². The summed E-state index contributed by atoms with van der Waals surface area (Å²) < 4.78 is 2.65. The van der Waals surface area contributed by atoms with Gasteiger partial charge < -0.3 is 10.2 Å². The number of fused-ring (bicyclic) bond motifs is 1. The van der Waals surface area contributed by atoms with Crippen molar-refractivity contribution in [2.45, 2.75) is 33.2 Å². The van der Waals surface area contributed by atoms with Gasteiger partial charge >= 0.3 is 5.69 Å². The summed E-state index contributed by atoms with van der Waals surface area (Å²) in [6.07, 6.45) is 5.49. The predicted octanol–water partition coefficient (Wildman–Crippen LogP) is 2.07. The molecule has 28 heavy (non-hydrogen) atoms. The average molecular weight is 380 g/mol. The number of piperidine rings is 1. The lowest BCUT2D eigenvalue weighted by atomic mass is 10.0. The van der Waals surface area contributed by atoms with E-state index in [0.29, 0.717) is 23.1 Å². The molecule has 1 aromatic carbocycles. The van der Waals surface area contributed by atoms with Crippen LogP contribution < -0.4 is 15.9 Å². The van der Waals surface area contributed by atoms with Crippen LogP contribution in [0.4, 0.5) is 11.5 Å². The SMILES string of the molecule is Cc1cccc(NC(=O)Cn2nc3c(N4CCCC(C)C4)nccn3c2=O)c1. The number of hydrogen-bond acceptors (Lipinski definition) is 5. The lowest BCUT2D eigenvalue weighted by Crippen LogP contribution is -2.35. The van der Waals surface area contributed by atoms with E-state index in [9.17, 15) is 9.59 Å².